The van der Waals surface area contributed by atoms with Gasteiger partial charge in [-0.25, -0.2) is 9.97 Å². The van der Waals surface area contributed by atoms with Gasteiger partial charge in [0.25, 0.3) is 0 Å². The van der Waals surface area contributed by atoms with Gasteiger partial charge >= 0.3 is 0 Å². The quantitative estimate of drug-likeness (QED) is 0.707. The first-order chi connectivity index (χ1) is 10.6. The van der Waals surface area contributed by atoms with Crippen LogP contribution in [0, 0.1) is 13.8 Å². The summed E-state index contributed by atoms with van der Waals surface area (Å²) in [7, 11) is 2.06. The summed E-state index contributed by atoms with van der Waals surface area (Å²) in [6.07, 6.45) is 0. The van der Waals surface area contributed by atoms with Crippen LogP contribution in [0.3, 0.4) is 0 Å². The largest absolute Gasteiger partial charge is 0.342 e. The van der Waals surface area contributed by atoms with Gasteiger partial charge in [0.05, 0.1) is 16.6 Å². The van der Waals surface area contributed by atoms with Crippen LogP contribution in [0.4, 0.5) is 5.13 Å². The van der Waals surface area contributed by atoms with Crippen LogP contribution in [0.5, 0.6) is 0 Å². The summed E-state index contributed by atoms with van der Waals surface area (Å²) in [6, 6.07) is 10.5. The minimum Gasteiger partial charge on any atom is -0.342 e. The second-order valence-electron chi connectivity index (χ2n) is 5.25. The van der Waals surface area contributed by atoms with Crippen molar-refractivity contribution in [3.05, 3.63) is 46.7 Å². The molecule has 0 fully saturated rings. The average molecular weight is 330 g/mol. The van der Waals surface area contributed by atoms with E-state index in [-0.39, 0.29) is 6.04 Å². The fraction of sp³-hybridized carbons (Fsp3) is 0.312. The van der Waals surface area contributed by atoms with Gasteiger partial charge in [0.15, 0.2) is 0 Å². The second-order valence-corrected chi connectivity index (χ2v) is 7.01. The first kappa shape index (κ1) is 15.1. The maximum atomic E-state index is 4.74. The number of aromatic nitrogens is 3. The zero-order valence-electron chi connectivity index (χ0n) is 13.1. The van der Waals surface area contributed by atoms with E-state index in [4.69, 9.17) is 4.98 Å². The number of nitrogens with zero attached hydrogens (tertiary/aromatic N) is 4. The molecule has 3 aromatic rings. The van der Waals surface area contributed by atoms with Gasteiger partial charge in [-0.1, -0.05) is 30.3 Å². The van der Waals surface area contributed by atoms with Crippen LogP contribution in [0.2, 0.25) is 0 Å². The molecule has 1 aromatic carbocycles. The molecule has 6 heteroatoms. The van der Waals surface area contributed by atoms with Crippen LogP contribution in [-0.2, 0) is 0 Å². The van der Waals surface area contributed by atoms with Gasteiger partial charge in [-0.3, -0.25) is 0 Å². The van der Waals surface area contributed by atoms with Crippen molar-refractivity contribution >= 4 is 28.0 Å². The van der Waals surface area contributed by atoms with Crippen molar-refractivity contribution in [2.75, 3.05) is 11.9 Å². The summed E-state index contributed by atoms with van der Waals surface area (Å²) in [4.78, 5) is 12.7. The summed E-state index contributed by atoms with van der Waals surface area (Å²) in [5.74, 6) is 0.824. The highest BCUT2D eigenvalue weighted by Crippen LogP contribution is 2.35. The van der Waals surface area contributed by atoms with Gasteiger partial charge < -0.3 is 4.90 Å². The van der Waals surface area contributed by atoms with E-state index >= 15 is 0 Å². The molecule has 2 heterocycles. The molecule has 0 saturated carbocycles. The number of thiazole rings is 1. The molecule has 3 rings (SSSR count). The number of benzene rings is 1. The molecule has 1 unspecified atom stereocenters. The molecule has 0 aliphatic carbocycles. The van der Waals surface area contributed by atoms with Crippen LogP contribution < -0.4 is 4.90 Å². The Morgan fingerprint density at radius 1 is 1.09 bits per heavy atom. The molecule has 0 N–H and O–H groups in total. The lowest BCUT2D eigenvalue weighted by Gasteiger charge is -2.23. The van der Waals surface area contributed by atoms with Crippen LogP contribution in [-0.4, -0.2) is 21.4 Å². The fourth-order valence-electron chi connectivity index (χ4n) is 2.27. The highest BCUT2D eigenvalue weighted by Gasteiger charge is 2.21. The monoisotopic (exact) mass is 330 g/mol. The summed E-state index contributed by atoms with van der Waals surface area (Å²) in [5.41, 5.74) is 2.26. The van der Waals surface area contributed by atoms with Crippen LogP contribution in [0.15, 0.2) is 30.3 Å². The lowest BCUT2D eigenvalue weighted by atomic mass is 10.2. The number of anilines is 1. The third kappa shape index (κ3) is 2.89. The zero-order valence-corrected chi connectivity index (χ0v) is 14.7. The molecule has 0 aliphatic heterocycles. The molecule has 114 valence electrons. The van der Waals surface area contributed by atoms with Crippen LogP contribution in [0.1, 0.15) is 29.4 Å². The molecule has 0 radical (unpaired) electrons. The third-order valence-electron chi connectivity index (χ3n) is 3.63. The standard InChI is InChI=1S/C16H18N4S2/c1-10-14(11(2)20(4)16-18-12(3)19-22-16)21-15(17-10)13-8-6-5-7-9-13/h5-9,11H,1-4H3. The zero-order chi connectivity index (χ0) is 15.7. The Hall–Kier alpha value is -1.79. The maximum absolute atomic E-state index is 4.74. The predicted octanol–water partition coefficient (Wildman–Crippen LogP) is 4.48. The van der Waals surface area contributed by atoms with Gasteiger partial charge in [-0.15, -0.1) is 11.3 Å². The fourth-order valence-corrected chi connectivity index (χ4v) is 4.15. The van der Waals surface area contributed by atoms with E-state index < -0.39 is 0 Å². The molecule has 0 spiro atoms. The van der Waals surface area contributed by atoms with Crippen molar-refractivity contribution in [3.63, 3.8) is 0 Å². The van der Waals surface area contributed by atoms with Crippen molar-refractivity contribution in [1.82, 2.24) is 14.3 Å². The van der Waals surface area contributed by atoms with E-state index in [0.29, 0.717) is 0 Å². The molecule has 2 aromatic heterocycles. The molecule has 0 aliphatic rings. The molecule has 0 amide bonds. The van der Waals surface area contributed by atoms with Crippen molar-refractivity contribution in [3.8, 4) is 10.6 Å². The van der Waals surface area contributed by atoms with Gasteiger partial charge in [-0.2, -0.15) is 4.37 Å². The molecule has 0 bridgehead atoms. The normalized spacial score (nSPS) is 12.4. The molecule has 22 heavy (non-hydrogen) atoms. The average Bonchev–Trinajstić information content (AvgIpc) is 3.13. The highest BCUT2D eigenvalue weighted by molar-refractivity contribution is 7.15. The Bertz CT molecular complexity index is 764. The minimum absolute atomic E-state index is 0.224. The van der Waals surface area contributed by atoms with Crippen LogP contribution in [0.25, 0.3) is 10.6 Å². The summed E-state index contributed by atoms with van der Waals surface area (Å²) >= 11 is 3.19. The summed E-state index contributed by atoms with van der Waals surface area (Å²) < 4.78 is 4.27. The number of hydrogen-bond donors (Lipinski definition) is 0. The summed E-state index contributed by atoms with van der Waals surface area (Å²) in [5, 5.41) is 2.01. The van der Waals surface area contributed by atoms with Crippen LogP contribution >= 0.6 is 22.9 Å². The van der Waals surface area contributed by atoms with Gasteiger partial charge in [0.1, 0.15) is 10.8 Å². The van der Waals surface area contributed by atoms with Crippen molar-refractivity contribution in [1.29, 1.82) is 0 Å². The Morgan fingerprint density at radius 2 is 1.82 bits per heavy atom. The van der Waals surface area contributed by atoms with Gasteiger partial charge in [0, 0.05) is 24.1 Å². The number of hydrogen-bond acceptors (Lipinski definition) is 6. The molecular formula is C16H18N4S2. The minimum atomic E-state index is 0.224. The number of aryl methyl sites for hydroxylation is 2. The van der Waals surface area contributed by atoms with E-state index in [1.165, 1.54) is 22.0 Å². The maximum Gasteiger partial charge on any atom is 0.205 e. The van der Waals surface area contributed by atoms with Gasteiger partial charge in [-0.05, 0) is 20.8 Å². The van der Waals surface area contributed by atoms with E-state index in [1.54, 1.807) is 11.3 Å². The smallest absolute Gasteiger partial charge is 0.205 e. The molecular weight excluding hydrogens is 312 g/mol. The summed E-state index contributed by atoms with van der Waals surface area (Å²) in [6.45, 7) is 6.18. The third-order valence-corrected chi connectivity index (χ3v) is 5.91. The molecule has 4 nitrogen and oxygen atoms in total. The Labute approximate surface area is 138 Å². The lowest BCUT2D eigenvalue weighted by Crippen LogP contribution is -2.21. The molecule has 0 saturated heterocycles. The highest BCUT2D eigenvalue weighted by atomic mass is 32.1. The van der Waals surface area contributed by atoms with E-state index in [1.807, 2.05) is 25.1 Å². The predicted molar refractivity (Wildman–Crippen MR) is 93.8 cm³/mol. The first-order valence-electron chi connectivity index (χ1n) is 7.12. The van der Waals surface area contributed by atoms with Gasteiger partial charge in [0.2, 0.25) is 5.13 Å². The topological polar surface area (TPSA) is 41.9 Å². The Balaban J connectivity index is 1.90. The second kappa shape index (κ2) is 6.14. The van der Waals surface area contributed by atoms with Crippen molar-refractivity contribution in [2.45, 2.75) is 26.8 Å². The van der Waals surface area contributed by atoms with Crippen molar-refractivity contribution in [2.24, 2.45) is 0 Å². The lowest BCUT2D eigenvalue weighted by molar-refractivity contribution is 0.742. The van der Waals surface area contributed by atoms with Crippen molar-refractivity contribution < 1.29 is 0 Å². The number of rotatable bonds is 4. The Morgan fingerprint density at radius 3 is 2.45 bits per heavy atom. The Kier molecular flexibility index (Phi) is 4.22. The SMILES string of the molecule is Cc1nsc(N(C)C(C)c2sc(-c3ccccc3)nc2C)n1. The molecule has 1 atom stereocenters. The first-order valence-corrected chi connectivity index (χ1v) is 8.71. The van der Waals surface area contributed by atoms with E-state index in [0.717, 1.165) is 21.7 Å². The van der Waals surface area contributed by atoms with E-state index in [9.17, 15) is 0 Å². The van der Waals surface area contributed by atoms with E-state index in [2.05, 4.69) is 47.3 Å².